The minimum absolute atomic E-state index is 0.186. The van der Waals surface area contributed by atoms with Crippen molar-refractivity contribution in [3.8, 4) is 0 Å². The summed E-state index contributed by atoms with van der Waals surface area (Å²) in [6, 6.07) is 4.11. The summed E-state index contributed by atoms with van der Waals surface area (Å²) in [5.74, 6) is 2.36. The minimum Gasteiger partial charge on any atom is -0.339 e. The predicted octanol–water partition coefficient (Wildman–Crippen LogP) is 3.70. The van der Waals surface area contributed by atoms with Crippen LogP contribution in [0, 0.1) is 5.41 Å². The monoisotopic (exact) mass is 386 g/mol. The predicted molar refractivity (Wildman–Crippen MR) is 103 cm³/mol. The topological polar surface area (TPSA) is 62.5 Å². The molecule has 6 nitrogen and oxygen atoms in total. The Labute approximate surface area is 163 Å². The van der Waals surface area contributed by atoms with E-state index in [9.17, 15) is 4.79 Å². The van der Waals surface area contributed by atoms with Gasteiger partial charge in [0.15, 0.2) is 5.82 Å². The van der Waals surface area contributed by atoms with Crippen LogP contribution in [-0.4, -0.2) is 52.5 Å². The van der Waals surface area contributed by atoms with Crippen molar-refractivity contribution in [2.75, 3.05) is 26.7 Å². The number of rotatable bonds is 3. The highest BCUT2D eigenvalue weighted by Gasteiger charge is 2.47. The normalized spacial score (nSPS) is 25.8. The van der Waals surface area contributed by atoms with Crippen molar-refractivity contribution in [2.45, 2.75) is 50.5 Å². The second kappa shape index (κ2) is 6.71. The van der Waals surface area contributed by atoms with E-state index >= 15 is 0 Å². The van der Waals surface area contributed by atoms with Crippen molar-refractivity contribution in [3.63, 3.8) is 0 Å². The van der Waals surface area contributed by atoms with Gasteiger partial charge in [0.05, 0.1) is 10.9 Å². The first-order valence-electron chi connectivity index (χ1n) is 10.0. The summed E-state index contributed by atoms with van der Waals surface area (Å²) in [5.41, 5.74) is 0.267. The highest BCUT2D eigenvalue weighted by molar-refractivity contribution is 7.12. The molecule has 0 radical (unpaired) electrons. The number of carbonyl (C=O) groups is 1. The van der Waals surface area contributed by atoms with E-state index in [-0.39, 0.29) is 17.4 Å². The number of likely N-dealkylation sites (tertiary alicyclic amines) is 2. The minimum atomic E-state index is 0.186. The number of nitrogens with zero attached hydrogens (tertiary/aromatic N) is 4. The molecule has 0 bridgehead atoms. The van der Waals surface area contributed by atoms with E-state index < -0.39 is 0 Å². The Morgan fingerprint density at radius 1 is 1.33 bits per heavy atom. The fourth-order valence-electron chi connectivity index (χ4n) is 4.86. The van der Waals surface area contributed by atoms with Gasteiger partial charge in [-0.3, -0.25) is 9.69 Å². The number of piperidine rings is 1. The molecule has 5 rings (SSSR count). The average molecular weight is 387 g/mol. The van der Waals surface area contributed by atoms with Crippen molar-refractivity contribution in [1.82, 2.24) is 19.9 Å². The largest absolute Gasteiger partial charge is 0.339 e. The van der Waals surface area contributed by atoms with Crippen molar-refractivity contribution >= 4 is 17.2 Å². The van der Waals surface area contributed by atoms with Crippen LogP contribution in [0.5, 0.6) is 0 Å². The second-order valence-electron chi connectivity index (χ2n) is 8.52. The van der Waals surface area contributed by atoms with Crippen LogP contribution in [0.2, 0.25) is 0 Å². The van der Waals surface area contributed by atoms with Gasteiger partial charge in [-0.15, -0.1) is 11.3 Å². The molecule has 27 heavy (non-hydrogen) atoms. The zero-order valence-electron chi connectivity index (χ0n) is 15.8. The number of amides is 1. The molecule has 144 valence electrons. The Hall–Kier alpha value is -1.73. The smallest absolute Gasteiger partial charge is 0.263 e. The van der Waals surface area contributed by atoms with E-state index in [2.05, 4.69) is 17.1 Å². The zero-order valence-corrected chi connectivity index (χ0v) is 16.6. The molecule has 1 atom stereocenters. The third-order valence-corrected chi connectivity index (χ3v) is 7.65. The van der Waals surface area contributed by atoms with Crippen LogP contribution in [0.25, 0.3) is 0 Å². The molecule has 1 spiro atoms. The Balaban J connectivity index is 1.24. The highest BCUT2D eigenvalue weighted by Crippen LogP contribution is 2.48. The molecule has 4 heterocycles. The molecule has 2 aromatic rings. The summed E-state index contributed by atoms with van der Waals surface area (Å²) in [6.45, 7) is 2.74. The molecular weight excluding hydrogens is 360 g/mol. The van der Waals surface area contributed by atoms with Gasteiger partial charge in [0.2, 0.25) is 5.89 Å². The second-order valence-corrected chi connectivity index (χ2v) is 9.47. The van der Waals surface area contributed by atoms with E-state index in [1.807, 2.05) is 22.4 Å². The van der Waals surface area contributed by atoms with E-state index in [0.29, 0.717) is 5.92 Å². The maximum atomic E-state index is 12.6. The summed E-state index contributed by atoms with van der Waals surface area (Å²) in [6.07, 6.45) is 6.81. The Bertz CT molecular complexity index is 806. The zero-order chi connectivity index (χ0) is 18.4. The fourth-order valence-corrected chi connectivity index (χ4v) is 5.56. The van der Waals surface area contributed by atoms with Crippen LogP contribution in [-0.2, 0) is 0 Å². The first-order valence-corrected chi connectivity index (χ1v) is 10.9. The maximum Gasteiger partial charge on any atom is 0.263 e. The van der Waals surface area contributed by atoms with Crippen molar-refractivity contribution in [1.29, 1.82) is 0 Å². The summed E-state index contributed by atoms with van der Waals surface area (Å²) < 4.78 is 5.56. The summed E-state index contributed by atoms with van der Waals surface area (Å²) >= 11 is 1.53. The van der Waals surface area contributed by atoms with Gasteiger partial charge in [0, 0.05) is 25.6 Å². The number of aromatic nitrogens is 2. The van der Waals surface area contributed by atoms with Gasteiger partial charge in [-0.1, -0.05) is 17.6 Å². The fraction of sp³-hybridized carbons (Fsp3) is 0.650. The Morgan fingerprint density at radius 2 is 2.15 bits per heavy atom. The van der Waals surface area contributed by atoms with Crippen LogP contribution >= 0.6 is 11.3 Å². The van der Waals surface area contributed by atoms with E-state index in [0.717, 1.165) is 55.5 Å². The lowest BCUT2D eigenvalue weighted by molar-refractivity contribution is 0.0598. The molecule has 2 saturated heterocycles. The quantitative estimate of drug-likeness (QED) is 0.805. The summed E-state index contributed by atoms with van der Waals surface area (Å²) in [7, 11) is 2.17. The van der Waals surface area contributed by atoms with Crippen molar-refractivity contribution in [2.24, 2.45) is 5.41 Å². The molecule has 1 saturated carbocycles. The van der Waals surface area contributed by atoms with E-state index in [1.165, 1.54) is 30.6 Å². The summed E-state index contributed by atoms with van der Waals surface area (Å²) in [5, 5.41) is 6.29. The SMILES string of the molecule is CN1CC2(CCN(C(=O)c3cccs3)CC2)CC1c1noc(C2CCC2)n1. The molecular formula is C20H26N4O2S. The summed E-state index contributed by atoms with van der Waals surface area (Å²) in [4.78, 5) is 22.6. The van der Waals surface area contributed by atoms with E-state index in [4.69, 9.17) is 9.51 Å². The lowest BCUT2D eigenvalue weighted by atomic mass is 9.76. The van der Waals surface area contributed by atoms with Gasteiger partial charge in [-0.05, 0) is 56.0 Å². The molecule has 2 aromatic heterocycles. The molecule has 2 aliphatic heterocycles. The molecule has 0 aromatic carbocycles. The van der Waals surface area contributed by atoms with Crippen molar-refractivity contribution < 1.29 is 9.32 Å². The number of hydrogen-bond donors (Lipinski definition) is 0. The molecule has 3 aliphatic rings. The Kier molecular flexibility index (Phi) is 4.31. The van der Waals surface area contributed by atoms with Crippen molar-refractivity contribution in [3.05, 3.63) is 34.1 Å². The maximum absolute atomic E-state index is 12.6. The van der Waals surface area contributed by atoms with Gasteiger partial charge in [-0.2, -0.15) is 4.98 Å². The van der Waals surface area contributed by atoms with E-state index in [1.54, 1.807) is 0 Å². The third-order valence-electron chi connectivity index (χ3n) is 6.80. The number of hydrogen-bond acceptors (Lipinski definition) is 6. The van der Waals surface area contributed by atoms with Gasteiger partial charge in [0.1, 0.15) is 0 Å². The van der Waals surface area contributed by atoms with Gasteiger partial charge in [0.25, 0.3) is 5.91 Å². The highest BCUT2D eigenvalue weighted by atomic mass is 32.1. The molecule has 0 N–H and O–H groups in total. The molecule has 3 fully saturated rings. The van der Waals surface area contributed by atoms with Crippen LogP contribution in [0.3, 0.4) is 0 Å². The molecule has 1 aliphatic carbocycles. The lowest BCUT2D eigenvalue weighted by Crippen LogP contribution is -2.43. The lowest BCUT2D eigenvalue weighted by Gasteiger charge is -2.39. The average Bonchev–Trinajstić information content (AvgIpc) is 3.35. The van der Waals surface area contributed by atoms with Gasteiger partial charge in [-0.25, -0.2) is 0 Å². The van der Waals surface area contributed by atoms with Crippen LogP contribution in [0.1, 0.15) is 71.9 Å². The third kappa shape index (κ3) is 3.10. The van der Waals surface area contributed by atoms with Crippen LogP contribution < -0.4 is 0 Å². The standard InChI is InChI=1S/C20H26N4O2S/c1-23-13-20(7-9-24(10-8-20)19(25)16-6-3-11-27-16)12-15(23)17-21-18(26-22-17)14-4-2-5-14/h3,6,11,14-15H,2,4-5,7-10,12-13H2,1H3. The molecule has 1 unspecified atom stereocenters. The van der Waals surface area contributed by atoms with Gasteiger partial charge >= 0.3 is 0 Å². The molecule has 7 heteroatoms. The van der Waals surface area contributed by atoms with Crippen LogP contribution in [0.15, 0.2) is 22.0 Å². The molecule has 1 amide bonds. The first kappa shape index (κ1) is 17.4. The van der Waals surface area contributed by atoms with Crippen LogP contribution in [0.4, 0.5) is 0 Å². The Morgan fingerprint density at radius 3 is 2.81 bits per heavy atom. The number of carbonyl (C=O) groups excluding carboxylic acids is 1. The number of thiophene rings is 1. The van der Waals surface area contributed by atoms with Gasteiger partial charge < -0.3 is 9.42 Å². The first-order chi connectivity index (χ1) is 13.1.